The van der Waals surface area contributed by atoms with Crippen LogP contribution in [-0.4, -0.2) is 20.1 Å². The topological polar surface area (TPSA) is 59.6 Å². The highest BCUT2D eigenvalue weighted by Crippen LogP contribution is 2.24. The molecule has 21 heavy (non-hydrogen) atoms. The van der Waals surface area contributed by atoms with Gasteiger partial charge >= 0.3 is 0 Å². The first kappa shape index (κ1) is 14.7. The molecule has 0 atom stereocenters. The van der Waals surface area contributed by atoms with Crippen molar-refractivity contribution < 1.29 is 14.3 Å². The first-order chi connectivity index (χ1) is 10.2. The molecule has 0 aliphatic heterocycles. The molecule has 0 aliphatic carbocycles. The second-order valence-electron chi connectivity index (χ2n) is 4.39. The summed E-state index contributed by atoms with van der Waals surface area (Å²) in [4.78, 5) is 12.0. The molecule has 0 spiro atoms. The minimum absolute atomic E-state index is 0.162. The van der Waals surface area contributed by atoms with Crippen molar-refractivity contribution in [2.24, 2.45) is 0 Å². The number of carbonyl (C=O) groups excluding carboxylic acids is 1. The van der Waals surface area contributed by atoms with Crippen LogP contribution in [0.15, 0.2) is 48.5 Å². The third-order valence-corrected chi connectivity index (χ3v) is 2.96. The molecule has 2 aromatic rings. The van der Waals surface area contributed by atoms with E-state index in [9.17, 15) is 4.79 Å². The van der Waals surface area contributed by atoms with Crippen molar-refractivity contribution in [3.05, 3.63) is 54.1 Å². The number of hydrazine groups is 1. The number of nitrogens with one attached hydrogen (secondary N) is 2. The van der Waals surface area contributed by atoms with E-state index in [0.29, 0.717) is 11.5 Å². The van der Waals surface area contributed by atoms with Crippen LogP contribution in [0.3, 0.4) is 0 Å². The third kappa shape index (κ3) is 4.14. The second kappa shape index (κ2) is 7.19. The van der Waals surface area contributed by atoms with Crippen LogP contribution in [0.1, 0.15) is 5.56 Å². The summed E-state index contributed by atoms with van der Waals surface area (Å²) < 4.78 is 10.4. The van der Waals surface area contributed by atoms with Gasteiger partial charge in [0, 0.05) is 5.56 Å². The number of methoxy groups -OCH3 is 2. The van der Waals surface area contributed by atoms with Gasteiger partial charge in [-0.1, -0.05) is 18.2 Å². The number of rotatable bonds is 6. The Balaban J connectivity index is 1.99. The zero-order chi connectivity index (χ0) is 15.1. The summed E-state index contributed by atoms with van der Waals surface area (Å²) in [7, 11) is 3.16. The van der Waals surface area contributed by atoms with Crippen molar-refractivity contribution in [2.75, 3.05) is 19.6 Å². The number of benzene rings is 2. The highest BCUT2D eigenvalue weighted by Gasteiger charge is 2.10. The minimum atomic E-state index is -0.162. The first-order valence-corrected chi connectivity index (χ1v) is 6.53. The van der Waals surface area contributed by atoms with Crippen molar-refractivity contribution in [2.45, 2.75) is 6.42 Å². The van der Waals surface area contributed by atoms with Gasteiger partial charge in [-0.2, -0.15) is 0 Å². The lowest BCUT2D eigenvalue weighted by atomic mass is 10.1. The average Bonchev–Trinajstić information content (AvgIpc) is 2.54. The maximum atomic E-state index is 12.0. The molecule has 2 rings (SSSR count). The number of hydrogen-bond acceptors (Lipinski definition) is 4. The largest absolute Gasteiger partial charge is 0.497 e. The Bertz CT molecular complexity index is 600. The highest BCUT2D eigenvalue weighted by atomic mass is 16.5. The van der Waals surface area contributed by atoms with E-state index in [-0.39, 0.29) is 12.3 Å². The predicted octanol–water partition coefficient (Wildman–Crippen LogP) is 2.39. The molecule has 110 valence electrons. The van der Waals surface area contributed by atoms with E-state index < -0.39 is 0 Å². The van der Waals surface area contributed by atoms with E-state index >= 15 is 0 Å². The van der Waals surface area contributed by atoms with Gasteiger partial charge in [-0.15, -0.1) is 0 Å². The van der Waals surface area contributed by atoms with Gasteiger partial charge in [-0.05, 0) is 30.3 Å². The molecule has 0 aromatic heterocycles. The van der Waals surface area contributed by atoms with Crippen LogP contribution in [-0.2, 0) is 11.2 Å². The summed E-state index contributed by atoms with van der Waals surface area (Å²) in [5.74, 6) is 1.19. The number of ether oxygens (including phenoxy) is 2. The molecule has 0 saturated carbocycles. The summed E-state index contributed by atoms with van der Waals surface area (Å²) in [6.45, 7) is 0. The summed E-state index contributed by atoms with van der Waals surface area (Å²) in [5.41, 5.74) is 7.10. The van der Waals surface area contributed by atoms with E-state index in [4.69, 9.17) is 9.47 Å². The number of para-hydroxylation sites is 1. The van der Waals surface area contributed by atoms with Gasteiger partial charge in [-0.25, -0.2) is 0 Å². The van der Waals surface area contributed by atoms with Crippen LogP contribution in [0.4, 0.5) is 5.69 Å². The Kier molecular flexibility index (Phi) is 5.04. The second-order valence-corrected chi connectivity index (χ2v) is 4.39. The van der Waals surface area contributed by atoms with Crippen LogP contribution in [0.25, 0.3) is 0 Å². The molecular weight excluding hydrogens is 268 g/mol. The van der Waals surface area contributed by atoms with Gasteiger partial charge in [0.05, 0.1) is 26.3 Å². The van der Waals surface area contributed by atoms with Crippen LogP contribution in [0, 0.1) is 0 Å². The zero-order valence-corrected chi connectivity index (χ0v) is 12.1. The van der Waals surface area contributed by atoms with Crippen molar-refractivity contribution in [1.29, 1.82) is 0 Å². The van der Waals surface area contributed by atoms with E-state index in [1.165, 1.54) is 0 Å². The van der Waals surface area contributed by atoms with Gasteiger partial charge in [0.1, 0.15) is 11.5 Å². The molecule has 0 radical (unpaired) electrons. The van der Waals surface area contributed by atoms with E-state index in [0.717, 1.165) is 11.3 Å². The van der Waals surface area contributed by atoms with Gasteiger partial charge in [0.25, 0.3) is 0 Å². The standard InChI is InChI=1S/C16H18N2O3/c1-20-14-8-9-15(21-2)12(10-14)11-16(19)18-17-13-6-4-3-5-7-13/h3-10,17H,11H2,1-2H3,(H,18,19). The summed E-state index contributed by atoms with van der Waals surface area (Å²) in [6.07, 6.45) is 0.195. The molecule has 0 heterocycles. The first-order valence-electron chi connectivity index (χ1n) is 6.53. The summed E-state index contributed by atoms with van der Waals surface area (Å²) in [5, 5.41) is 0. The molecule has 0 aliphatic rings. The highest BCUT2D eigenvalue weighted by molar-refractivity contribution is 5.80. The molecule has 5 nitrogen and oxygen atoms in total. The molecule has 0 saturated heterocycles. The van der Waals surface area contributed by atoms with Gasteiger partial charge in [-0.3, -0.25) is 15.6 Å². The Hall–Kier alpha value is -2.69. The van der Waals surface area contributed by atoms with Gasteiger partial charge in [0.15, 0.2) is 0 Å². The minimum Gasteiger partial charge on any atom is -0.497 e. The third-order valence-electron chi connectivity index (χ3n) is 2.96. The number of hydrogen-bond donors (Lipinski definition) is 2. The van der Waals surface area contributed by atoms with Crippen LogP contribution >= 0.6 is 0 Å². The Labute approximate surface area is 123 Å². The van der Waals surface area contributed by atoms with E-state index in [1.807, 2.05) is 30.3 Å². The van der Waals surface area contributed by atoms with Crippen molar-refractivity contribution in [3.63, 3.8) is 0 Å². The average molecular weight is 286 g/mol. The van der Waals surface area contributed by atoms with Crippen LogP contribution in [0.2, 0.25) is 0 Å². The fourth-order valence-corrected chi connectivity index (χ4v) is 1.90. The Morgan fingerprint density at radius 2 is 1.81 bits per heavy atom. The number of carbonyl (C=O) groups is 1. The molecule has 0 bridgehead atoms. The van der Waals surface area contributed by atoms with Crippen molar-refractivity contribution in [1.82, 2.24) is 5.43 Å². The maximum absolute atomic E-state index is 12.0. The van der Waals surface area contributed by atoms with Gasteiger partial charge < -0.3 is 9.47 Å². The van der Waals surface area contributed by atoms with E-state index in [1.54, 1.807) is 32.4 Å². The lowest BCUT2D eigenvalue weighted by molar-refractivity contribution is -0.119. The summed E-state index contributed by atoms with van der Waals surface area (Å²) in [6, 6.07) is 14.8. The molecule has 0 fully saturated rings. The van der Waals surface area contributed by atoms with Crippen molar-refractivity contribution in [3.8, 4) is 11.5 Å². The van der Waals surface area contributed by atoms with Gasteiger partial charge in [0.2, 0.25) is 5.91 Å². The maximum Gasteiger partial charge on any atom is 0.242 e. The predicted molar refractivity (Wildman–Crippen MR) is 81.5 cm³/mol. The molecule has 2 N–H and O–H groups in total. The zero-order valence-electron chi connectivity index (χ0n) is 12.1. The molecular formula is C16H18N2O3. The molecule has 1 amide bonds. The summed E-state index contributed by atoms with van der Waals surface area (Å²) >= 11 is 0. The Morgan fingerprint density at radius 3 is 2.48 bits per heavy atom. The quantitative estimate of drug-likeness (QED) is 0.801. The molecule has 0 unspecified atom stereocenters. The Morgan fingerprint density at radius 1 is 1.05 bits per heavy atom. The lowest BCUT2D eigenvalue weighted by Crippen LogP contribution is -2.30. The monoisotopic (exact) mass is 286 g/mol. The normalized spacial score (nSPS) is 9.81. The van der Waals surface area contributed by atoms with Crippen LogP contribution < -0.4 is 20.3 Å². The number of anilines is 1. The van der Waals surface area contributed by atoms with Crippen molar-refractivity contribution >= 4 is 11.6 Å². The van der Waals surface area contributed by atoms with E-state index in [2.05, 4.69) is 10.9 Å². The molecule has 5 heteroatoms. The van der Waals surface area contributed by atoms with Crippen LogP contribution in [0.5, 0.6) is 11.5 Å². The lowest BCUT2D eigenvalue weighted by Gasteiger charge is -2.11. The number of amides is 1. The fraction of sp³-hybridized carbons (Fsp3) is 0.188. The fourth-order valence-electron chi connectivity index (χ4n) is 1.90. The smallest absolute Gasteiger partial charge is 0.242 e. The molecule has 2 aromatic carbocycles. The SMILES string of the molecule is COc1ccc(OC)c(CC(=O)NNc2ccccc2)c1.